The Morgan fingerprint density at radius 1 is 1.29 bits per heavy atom. The summed E-state index contributed by atoms with van der Waals surface area (Å²) in [4.78, 5) is 25.3. The first-order chi connectivity index (χ1) is 11.2. The quantitative estimate of drug-likeness (QED) is 0.452. The number of likely N-dealkylation sites (tertiary alicyclic amines) is 1. The van der Waals surface area contributed by atoms with Crippen molar-refractivity contribution < 1.29 is 28.1 Å². The number of hydrogen-bond donors (Lipinski definition) is 4. The third-order valence-corrected chi connectivity index (χ3v) is 4.74. The zero-order valence-electron chi connectivity index (χ0n) is 12.8. The monoisotopic (exact) mass is 355 g/mol. The number of nitrogens with one attached hydrogen (secondary N) is 1. The van der Waals surface area contributed by atoms with Gasteiger partial charge in [0, 0.05) is 12.1 Å². The number of carbonyl (C=O) groups excluding carboxylic acids is 2. The van der Waals surface area contributed by atoms with Gasteiger partial charge in [-0.3, -0.25) is 9.59 Å². The molecule has 0 bridgehead atoms. The van der Waals surface area contributed by atoms with E-state index in [1.165, 1.54) is 29.2 Å². The minimum atomic E-state index is -3.84. The number of hydrogen-bond acceptors (Lipinski definition) is 6. The maximum absolute atomic E-state index is 12.1. The van der Waals surface area contributed by atoms with E-state index in [0.29, 0.717) is 19.4 Å². The molecule has 0 aromatic heterocycles. The van der Waals surface area contributed by atoms with Crippen molar-refractivity contribution in [3.05, 3.63) is 29.8 Å². The van der Waals surface area contributed by atoms with E-state index in [9.17, 15) is 28.1 Å². The predicted octanol–water partition coefficient (Wildman–Crippen LogP) is -1.93. The molecule has 1 aliphatic rings. The molecule has 1 aliphatic heterocycles. The van der Waals surface area contributed by atoms with E-state index in [1.54, 1.807) is 0 Å². The van der Waals surface area contributed by atoms with Crippen molar-refractivity contribution in [1.82, 2.24) is 10.2 Å². The van der Waals surface area contributed by atoms with Crippen LogP contribution in [-0.2, 0) is 14.8 Å². The van der Waals surface area contributed by atoms with Gasteiger partial charge in [-0.1, -0.05) is 0 Å². The van der Waals surface area contributed by atoms with Gasteiger partial charge < -0.3 is 20.3 Å². The number of amides is 2. The van der Waals surface area contributed by atoms with E-state index >= 15 is 0 Å². The summed E-state index contributed by atoms with van der Waals surface area (Å²) >= 11 is 0. The van der Waals surface area contributed by atoms with Crippen LogP contribution < -0.4 is 10.5 Å². The molecular formula is C13H18BN3O6S. The molecule has 1 fully saturated rings. The Labute approximate surface area is 139 Å². The molecule has 0 spiro atoms. The lowest BCUT2D eigenvalue weighted by molar-refractivity contribution is -0.130. The lowest BCUT2D eigenvalue weighted by Crippen LogP contribution is -2.48. The van der Waals surface area contributed by atoms with Gasteiger partial charge in [0.05, 0.1) is 17.4 Å². The summed E-state index contributed by atoms with van der Waals surface area (Å²) in [6, 6.07) is 4.97. The standard InChI is InChI=1S/C13H18BN3O6S/c15-24(22,23)10-5-3-9(4-6-10)13(19)16-8-12(18)17-7-1-2-11(17)14(20)21/h3-6,11,20-21H,1-2,7-8H2,(H,16,19)(H2,15,22,23)/t11-/m0/s1. The molecular weight excluding hydrogens is 337 g/mol. The second-order valence-electron chi connectivity index (χ2n) is 5.46. The van der Waals surface area contributed by atoms with Crippen LogP contribution in [0.1, 0.15) is 23.2 Å². The molecule has 130 valence electrons. The van der Waals surface area contributed by atoms with E-state index in [-0.39, 0.29) is 17.0 Å². The van der Waals surface area contributed by atoms with Gasteiger partial charge in [0.1, 0.15) is 0 Å². The Morgan fingerprint density at radius 2 is 1.92 bits per heavy atom. The van der Waals surface area contributed by atoms with E-state index in [1.807, 2.05) is 0 Å². The van der Waals surface area contributed by atoms with E-state index in [0.717, 1.165) is 0 Å². The number of carbonyl (C=O) groups is 2. The third kappa shape index (κ3) is 4.32. The van der Waals surface area contributed by atoms with Crippen molar-refractivity contribution in [2.24, 2.45) is 5.14 Å². The van der Waals surface area contributed by atoms with Crippen molar-refractivity contribution in [3.8, 4) is 0 Å². The summed E-state index contributed by atoms with van der Waals surface area (Å²) in [5.74, 6) is -1.63. The van der Waals surface area contributed by atoms with Crippen molar-refractivity contribution in [2.75, 3.05) is 13.1 Å². The third-order valence-electron chi connectivity index (χ3n) is 3.81. The Kier molecular flexibility index (Phi) is 5.60. The maximum atomic E-state index is 12.1. The van der Waals surface area contributed by atoms with Crippen LogP contribution in [0.25, 0.3) is 0 Å². The molecule has 0 aliphatic carbocycles. The first-order valence-corrected chi connectivity index (χ1v) is 8.81. The van der Waals surface area contributed by atoms with Crippen LogP contribution in [0.2, 0.25) is 0 Å². The highest BCUT2D eigenvalue weighted by molar-refractivity contribution is 7.89. The maximum Gasteiger partial charge on any atom is 0.475 e. The van der Waals surface area contributed by atoms with Gasteiger partial charge in [0.15, 0.2) is 0 Å². The molecule has 1 aromatic rings. The average molecular weight is 355 g/mol. The molecule has 1 heterocycles. The number of rotatable bonds is 5. The molecule has 1 saturated heterocycles. The minimum Gasteiger partial charge on any atom is -0.426 e. The van der Waals surface area contributed by atoms with Crippen LogP contribution in [-0.4, -0.2) is 61.3 Å². The number of benzene rings is 1. The number of nitrogens with two attached hydrogens (primary N) is 1. The van der Waals surface area contributed by atoms with Crippen LogP contribution in [0.5, 0.6) is 0 Å². The summed E-state index contributed by atoms with van der Waals surface area (Å²) in [5.41, 5.74) is 0.176. The van der Waals surface area contributed by atoms with Gasteiger partial charge in [-0.25, -0.2) is 13.6 Å². The molecule has 2 amide bonds. The van der Waals surface area contributed by atoms with E-state index in [4.69, 9.17) is 5.14 Å². The van der Waals surface area contributed by atoms with Gasteiger partial charge in [-0.15, -0.1) is 0 Å². The molecule has 1 aromatic carbocycles. The van der Waals surface area contributed by atoms with E-state index in [2.05, 4.69) is 5.32 Å². The fourth-order valence-corrected chi connectivity index (χ4v) is 3.08. The topological polar surface area (TPSA) is 150 Å². The van der Waals surface area contributed by atoms with Crippen LogP contribution in [0.4, 0.5) is 0 Å². The first kappa shape index (κ1) is 18.4. The van der Waals surface area contributed by atoms with E-state index < -0.39 is 34.9 Å². The first-order valence-electron chi connectivity index (χ1n) is 7.27. The van der Waals surface area contributed by atoms with Gasteiger partial charge in [-0.05, 0) is 37.1 Å². The summed E-state index contributed by atoms with van der Waals surface area (Å²) in [5, 5.41) is 25.9. The predicted molar refractivity (Wildman–Crippen MR) is 85.1 cm³/mol. The summed E-state index contributed by atoms with van der Waals surface area (Å²) in [6.07, 6.45) is 1.16. The lowest BCUT2D eigenvalue weighted by Gasteiger charge is -2.24. The highest BCUT2D eigenvalue weighted by Gasteiger charge is 2.36. The molecule has 0 unspecified atom stereocenters. The highest BCUT2D eigenvalue weighted by Crippen LogP contribution is 2.17. The fourth-order valence-electron chi connectivity index (χ4n) is 2.57. The molecule has 0 saturated carbocycles. The minimum absolute atomic E-state index is 0.119. The largest absolute Gasteiger partial charge is 0.475 e. The molecule has 5 N–H and O–H groups in total. The van der Waals surface area contributed by atoms with Gasteiger partial charge >= 0.3 is 7.12 Å². The van der Waals surface area contributed by atoms with Gasteiger partial charge in [0.25, 0.3) is 5.91 Å². The van der Waals surface area contributed by atoms with Crippen LogP contribution in [0.15, 0.2) is 29.2 Å². The Hall–Kier alpha value is -1.95. The van der Waals surface area contributed by atoms with Crippen molar-refractivity contribution >= 4 is 29.0 Å². The van der Waals surface area contributed by atoms with Crippen LogP contribution >= 0.6 is 0 Å². The van der Waals surface area contributed by atoms with Crippen molar-refractivity contribution in [2.45, 2.75) is 23.7 Å². The highest BCUT2D eigenvalue weighted by atomic mass is 32.2. The summed E-state index contributed by atoms with van der Waals surface area (Å²) < 4.78 is 22.3. The molecule has 2 rings (SSSR count). The zero-order valence-corrected chi connectivity index (χ0v) is 13.6. The van der Waals surface area contributed by atoms with Crippen LogP contribution in [0.3, 0.4) is 0 Å². The Bertz CT molecular complexity index is 722. The normalized spacial score (nSPS) is 17.6. The van der Waals surface area contributed by atoms with Gasteiger partial charge in [-0.2, -0.15) is 0 Å². The smallest absolute Gasteiger partial charge is 0.426 e. The SMILES string of the molecule is NS(=O)(=O)c1ccc(C(=O)NCC(=O)N2CCC[C@H]2B(O)O)cc1. The fraction of sp³-hybridized carbons (Fsp3) is 0.385. The molecule has 11 heteroatoms. The van der Waals surface area contributed by atoms with Crippen molar-refractivity contribution in [3.63, 3.8) is 0 Å². The van der Waals surface area contributed by atoms with Crippen molar-refractivity contribution in [1.29, 1.82) is 0 Å². The van der Waals surface area contributed by atoms with Gasteiger partial charge in [0.2, 0.25) is 15.9 Å². The molecule has 24 heavy (non-hydrogen) atoms. The zero-order chi connectivity index (χ0) is 17.9. The second-order valence-corrected chi connectivity index (χ2v) is 7.02. The molecule has 9 nitrogen and oxygen atoms in total. The lowest BCUT2D eigenvalue weighted by atomic mass is 9.78. The average Bonchev–Trinajstić information content (AvgIpc) is 3.01. The number of sulfonamides is 1. The molecule has 0 radical (unpaired) electrons. The molecule has 1 atom stereocenters. The Balaban J connectivity index is 1.94. The summed E-state index contributed by atoms with van der Waals surface area (Å²) in [7, 11) is -5.45. The number of primary sulfonamides is 1. The summed E-state index contributed by atoms with van der Waals surface area (Å²) in [6.45, 7) is 0.110. The Morgan fingerprint density at radius 3 is 2.46 bits per heavy atom. The van der Waals surface area contributed by atoms with Crippen LogP contribution in [0, 0.1) is 0 Å². The number of nitrogens with zero attached hydrogens (tertiary/aromatic N) is 1. The second kappa shape index (κ2) is 7.30.